The summed E-state index contributed by atoms with van der Waals surface area (Å²) in [5.41, 5.74) is 0.156. The highest BCUT2D eigenvalue weighted by Gasteiger charge is 2.41. The maximum absolute atomic E-state index is 12.4. The molecule has 0 radical (unpaired) electrons. The Balaban J connectivity index is 2.30. The van der Waals surface area contributed by atoms with Gasteiger partial charge in [0.15, 0.2) is 0 Å². The molecule has 0 unspecified atom stereocenters. The summed E-state index contributed by atoms with van der Waals surface area (Å²) in [4.78, 5) is 4.09. The van der Waals surface area contributed by atoms with Gasteiger partial charge in [-0.1, -0.05) is 0 Å². The van der Waals surface area contributed by atoms with Gasteiger partial charge in [-0.2, -0.15) is 0 Å². The molecule has 100 valence electrons. The number of pyridine rings is 1. The lowest BCUT2D eigenvalue weighted by Crippen LogP contribution is -2.45. The van der Waals surface area contributed by atoms with E-state index < -0.39 is 15.6 Å². The summed E-state index contributed by atoms with van der Waals surface area (Å²) >= 11 is 0. The average Bonchev–Trinajstić information content (AvgIpc) is 3.11. The van der Waals surface area contributed by atoms with Crippen LogP contribution in [0.15, 0.2) is 23.4 Å². The molecule has 2 N–H and O–H groups in total. The van der Waals surface area contributed by atoms with Crippen LogP contribution in [-0.4, -0.2) is 26.0 Å². The van der Waals surface area contributed by atoms with Gasteiger partial charge in [0, 0.05) is 25.0 Å². The van der Waals surface area contributed by atoms with Gasteiger partial charge in [-0.25, -0.2) is 13.1 Å². The fourth-order valence-electron chi connectivity index (χ4n) is 2.09. The molecule has 0 spiro atoms. The topological polar surface area (TPSA) is 71.1 Å². The molecule has 18 heavy (non-hydrogen) atoms. The average molecular weight is 269 g/mol. The minimum atomic E-state index is -3.54. The Bertz CT molecular complexity index is 536. The molecule has 2 rings (SSSR count). The van der Waals surface area contributed by atoms with Crippen LogP contribution in [0.2, 0.25) is 0 Å². The van der Waals surface area contributed by atoms with E-state index in [1.807, 2.05) is 13.8 Å². The van der Waals surface area contributed by atoms with E-state index in [4.69, 9.17) is 0 Å². The molecule has 1 aliphatic carbocycles. The molecule has 5 nitrogen and oxygen atoms in total. The first-order chi connectivity index (χ1) is 8.37. The Morgan fingerprint density at radius 2 is 2.06 bits per heavy atom. The summed E-state index contributed by atoms with van der Waals surface area (Å²) in [5, 5.41) is 2.87. The number of aromatic nitrogens is 1. The fraction of sp³-hybridized carbons (Fsp3) is 0.583. The van der Waals surface area contributed by atoms with Crippen molar-refractivity contribution in [1.29, 1.82) is 0 Å². The molecule has 0 aliphatic heterocycles. The van der Waals surface area contributed by atoms with Crippen LogP contribution in [0.1, 0.15) is 26.7 Å². The monoisotopic (exact) mass is 269 g/mol. The van der Waals surface area contributed by atoms with E-state index in [1.54, 1.807) is 19.3 Å². The van der Waals surface area contributed by atoms with Gasteiger partial charge in [0.1, 0.15) is 4.90 Å². The summed E-state index contributed by atoms with van der Waals surface area (Å²) < 4.78 is 27.5. The number of nitrogens with one attached hydrogen (secondary N) is 2. The van der Waals surface area contributed by atoms with E-state index in [-0.39, 0.29) is 4.90 Å². The summed E-state index contributed by atoms with van der Waals surface area (Å²) in [5.74, 6) is 0.432. The Labute approximate surface area is 108 Å². The molecule has 1 aromatic rings. The van der Waals surface area contributed by atoms with E-state index >= 15 is 0 Å². The smallest absolute Gasteiger partial charge is 0.244 e. The first kappa shape index (κ1) is 13.3. The first-order valence-electron chi connectivity index (χ1n) is 6.02. The highest BCUT2D eigenvalue weighted by molar-refractivity contribution is 7.89. The van der Waals surface area contributed by atoms with Gasteiger partial charge in [0.05, 0.1) is 5.69 Å². The zero-order valence-corrected chi connectivity index (χ0v) is 11.7. The summed E-state index contributed by atoms with van der Waals surface area (Å²) in [7, 11) is -1.85. The zero-order valence-electron chi connectivity index (χ0n) is 10.9. The van der Waals surface area contributed by atoms with Gasteiger partial charge in [-0.3, -0.25) is 4.98 Å². The van der Waals surface area contributed by atoms with Crippen LogP contribution in [0.3, 0.4) is 0 Å². The van der Waals surface area contributed by atoms with Gasteiger partial charge in [-0.05, 0) is 38.7 Å². The highest BCUT2D eigenvalue weighted by atomic mass is 32.2. The van der Waals surface area contributed by atoms with Crippen molar-refractivity contribution in [2.45, 2.75) is 37.1 Å². The predicted octanol–water partition coefficient (Wildman–Crippen LogP) is 1.59. The van der Waals surface area contributed by atoms with Crippen LogP contribution in [0.5, 0.6) is 0 Å². The lowest BCUT2D eigenvalue weighted by atomic mass is 10.0. The third-order valence-corrected chi connectivity index (χ3v) is 5.04. The molecular weight excluding hydrogens is 250 g/mol. The molecular formula is C12H19N3O2S. The maximum atomic E-state index is 12.4. The van der Waals surface area contributed by atoms with Crippen LogP contribution in [0.25, 0.3) is 0 Å². The van der Waals surface area contributed by atoms with Gasteiger partial charge in [-0.15, -0.1) is 0 Å². The SMILES string of the molecule is CNc1ccncc1S(=O)(=O)NC(C)(C)C1CC1. The van der Waals surface area contributed by atoms with Gasteiger partial charge in [0.25, 0.3) is 0 Å². The van der Waals surface area contributed by atoms with Crippen molar-refractivity contribution >= 4 is 15.7 Å². The number of hydrogen-bond donors (Lipinski definition) is 2. The molecule has 1 aromatic heterocycles. The summed E-state index contributed by atoms with van der Waals surface area (Å²) in [6, 6.07) is 1.65. The van der Waals surface area contributed by atoms with Crippen molar-refractivity contribution in [3.63, 3.8) is 0 Å². The predicted molar refractivity (Wildman–Crippen MR) is 70.9 cm³/mol. The van der Waals surface area contributed by atoms with Crippen molar-refractivity contribution in [3.05, 3.63) is 18.5 Å². The fourth-order valence-corrected chi connectivity index (χ4v) is 3.72. The van der Waals surface area contributed by atoms with E-state index in [1.165, 1.54) is 6.20 Å². The molecule has 6 heteroatoms. The quantitative estimate of drug-likeness (QED) is 0.851. The third-order valence-electron chi connectivity index (χ3n) is 3.34. The Morgan fingerprint density at radius 3 is 2.61 bits per heavy atom. The van der Waals surface area contributed by atoms with E-state index in [0.717, 1.165) is 12.8 Å². The Hall–Kier alpha value is -1.14. The molecule has 1 heterocycles. The zero-order chi connectivity index (χ0) is 13.4. The summed E-state index contributed by atoms with van der Waals surface area (Å²) in [6.07, 6.45) is 5.11. The standard InChI is InChI=1S/C12H19N3O2S/c1-12(2,9-4-5-9)15-18(16,17)11-8-14-7-6-10(11)13-3/h6-9,15H,4-5H2,1-3H3,(H,13,14). The van der Waals surface area contributed by atoms with Crippen molar-refractivity contribution in [1.82, 2.24) is 9.71 Å². The molecule has 0 bridgehead atoms. The third kappa shape index (κ3) is 2.64. The lowest BCUT2D eigenvalue weighted by molar-refractivity contribution is 0.400. The second kappa shape index (κ2) is 4.51. The molecule has 1 fully saturated rings. The van der Waals surface area contributed by atoms with Crippen molar-refractivity contribution < 1.29 is 8.42 Å². The van der Waals surface area contributed by atoms with Crippen LogP contribution in [-0.2, 0) is 10.0 Å². The van der Waals surface area contributed by atoms with Gasteiger partial charge in [0.2, 0.25) is 10.0 Å². The second-order valence-electron chi connectivity index (χ2n) is 5.22. The number of rotatable bonds is 5. The van der Waals surface area contributed by atoms with E-state index in [9.17, 15) is 8.42 Å². The number of hydrogen-bond acceptors (Lipinski definition) is 4. The Kier molecular flexibility index (Phi) is 3.33. The molecule has 1 aliphatic rings. The van der Waals surface area contributed by atoms with Crippen molar-refractivity contribution in [2.75, 3.05) is 12.4 Å². The van der Waals surface area contributed by atoms with Crippen LogP contribution in [0.4, 0.5) is 5.69 Å². The maximum Gasteiger partial charge on any atom is 0.244 e. The number of anilines is 1. The minimum Gasteiger partial charge on any atom is -0.387 e. The van der Waals surface area contributed by atoms with E-state index in [2.05, 4.69) is 15.0 Å². The van der Waals surface area contributed by atoms with Crippen LogP contribution >= 0.6 is 0 Å². The molecule has 1 saturated carbocycles. The normalized spacial score (nSPS) is 16.6. The minimum absolute atomic E-state index is 0.196. The first-order valence-corrected chi connectivity index (χ1v) is 7.51. The van der Waals surface area contributed by atoms with Gasteiger partial charge < -0.3 is 5.32 Å². The second-order valence-corrected chi connectivity index (χ2v) is 6.87. The van der Waals surface area contributed by atoms with E-state index in [0.29, 0.717) is 11.6 Å². The molecule has 0 aromatic carbocycles. The van der Waals surface area contributed by atoms with Crippen molar-refractivity contribution in [2.24, 2.45) is 5.92 Å². The highest BCUT2D eigenvalue weighted by Crippen LogP contribution is 2.40. The summed E-state index contributed by atoms with van der Waals surface area (Å²) in [6.45, 7) is 3.86. The number of nitrogens with zero attached hydrogens (tertiary/aromatic N) is 1. The molecule has 0 atom stereocenters. The van der Waals surface area contributed by atoms with Crippen molar-refractivity contribution in [3.8, 4) is 0 Å². The number of sulfonamides is 1. The Morgan fingerprint density at radius 1 is 1.39 bits per heavy atom. The lowest BCUT2D eigenvalue weighted by Gasteiger charge is -2.26. The van der Waals surface area contributed by atoms with Crippen LogP contribution < -0.4 is 10.0 Å². The van der Waals surface area contributed by atoms with Gasteiger partial charge >= 0.3 is 0 Å². The van der Waals surface area contributed by atoms with Crippen LogP contribution in [0, 0.1) is 5.92 Å². The molecule has 0 saturated heterocycles. The molecule has 0 amide bonds. The largest absolute Gasteiger partial charge is 0.387 e.